The lowest BCUT2D eigenvalue weighted by atomic mass is 10.2. The van der Waals surface area contributed by atoms with Gasteiger partial charge in [-0.15, -0.1) is 0 Å². The summed E-state index contributed by atoms with van der Waals surface area (Å²) in [5, 5.41) is 14.5. The molecule has 6 nitrogen and oxygen atoms in total. The predicted octanol–water partition coefficient (Wildman–Crippen LogP) is 1.76. The molecule has 0 radical (unpaired) electrons. The third-order valence-corrected chi connectivity index (χ3v) is 2.55. The van der Waals surface area contributed by atoms with Gasteiger partial charge in [-0.1, -0.05) is 11.6 Å². The fourth-order valence-electron chi connectivity index (χ4n) is 1.34. The quantitative estimate of drug-likeness (QED) is 0.767. The number of halogens is 1. The molecule has 0 aliphatic rings. The van der Waals surface area contributed by atoms with E-state index in [1.54, 1.807) is 6.92 Å². The lowest BCUT2D eigenvalue weighted by molar-refractivity contribution is -0.122. The van der Waals surface area contributed by atoms with Gasteiger partial charge in [0.25, 0.3) is 0 Å². The number of hydrogen-bond donors (Lipinski definition) is 3. The van der Waals surface area contributed by atoms with Crippen molar-refractivity contribution in [1.82, 2.24) is 10.3 Å². The van der Waals surface area contributed by atoms with Crippen molar-refractivity contribution in [2.75, 3.05) is 5.32 Å². The van der Waals surface area contributed by atoms with Gasteiger partial charge in [0.15, 0.2) is 0 Å². The Labute approximate surface area is 116 Å². The number of anilines is 1. The van der Waals surface area contributed by atoms with Gasteiger partial charge in [-0.3, -0.25) is 4.79 Å². The monoisotopic (exact) mass is 285 g/mol. The van der Waals surface area contributed by atoms with Gasteiger partial charge in [0.1, 0.15) is 11.9 Å². The third-order valence-electron chi connectivity index (χ3n) is 2.27. The van der Waals surface area contributed by atoms with Gasteiger partial charge in [-0.2, -0.15) is 0 Å². The summed E-state index contributed by atoms with van der Waals surface area (Å²) in [7, 11) is 0. The summed E-state index contributed by atoms with van der Waals surface area (Å²) in [4.78, 5) is 26.3. The van der Waals surface area contributed by atoms with E-state index in [0.29, 0.717) is 0 Å². The van der Waals surface area contributed by atoms with E-state index in [2.05, 4.69) is 15.6 Å². The highest BCUT2D eigenvalue weighted by molar-refractivity contribution is 6.33. The van der Waals surface area contributed by atoms with Gasteiger partial charge < -0.3 is 15.7 Å². The first-order chi connectivity index (χ1) is 8.81. The van der Waals surface area contributed by atoms with Crippen LogP contribution in [-0.2, 0) is 4.79 Å². The minimum atomic E-state index is -1.11. The highest BCUT2D eigenvalue weighted by Crippen LogP contribution is 2.20. The first-order valence-electron chi connectivity index (χ1n) is 5.77. The van der Waals surface area contributed by atoms with E-state index < -0.39 is 12.0 Å². The second-order valence-corrected chi connectivity index (χ2v) is 4.80. The molecule has 1 rings (SSSR count). The largest absolute Gasteiger partial charge is 0.478 e. The number of carbonyl (C=O) groups is 2. The summed E-state index contributed by atoms with van der Waals surface area (Å²) < 4.78 is 0. The van der Waals surface area contributed by atoms with Gasteiger partial charge in [0.2, 0.25) is 5.91 Å². The Bertz CT molecular complexity index is 491. The van der Waals surface area contributed by atoms with Crippen molar-refractivity contribution in [1.29, 1.82) is 0 Å². The molecule has 0 bridgehead atoms. The van der Waals surface area contributed by atoms with Crippen LogP contribution in [0.2, 0.25) is 5.02 Å². The minimum absolute atomic E-state index is 0.00478. The van der Waals surface area contributed by atoms with Gasteiger partial charge in [-0.05, 0) is 26.8 Å². The highest BCUT2D eigenvalue weighted by atomic mass is 35.5. The molecule has 0 spiro atoms. The summed E-state index contributed by atoms with van der Waals surface area (Å²) in [6.45, 7) is 5.38. The first kappa shape index (κ1) is 15.2. The average Bonchev–Trinajstić information content (AvgIpc) is 2.30. The highest BCUT2D eigenvalue weighted by Gasteiger charge is 2.16. The van der Waals surface area contributed by atoms with Crippen molar-refractivity contribution >= 4 is 29.3 Å². The van der Waals surface area contributed by atoms with Crippen LogP contribution in [0, 0.1) is 0 Å². The van der Waals surface area contributed by atoms with Crippen LogP contribution in [0.3, 0.4) is 0 Å². The van der Waals surface area contributed by atoms with Crippen LogP contribution in [0.25, 0.3) is 0 Å². The molecular weight excluding hydrogens is 270 g/mol. The minimum Gasteiger partial charge on any atom is -0.478 e. The zero-order valence-electron chi connectivity index (χ0n) is 10.9. The molecule has 1 aromatic heterocycles. The zero-order valence-corrected chi connectivity index (χ0v) is 11.7. The van der Waals surface area contributed by atoms with E-state index in [9.17, 15) is 9.59 Å². The van der Waals surface area contributed by atoms with Crippen molar-refractivity contribution < 1.29 is 14.7 Å². The van der Waals surface area contributed by atoms with Gasteiger partial charge >= 0.3 is 5.97 Å². The molecule has 3 N–H and O–H groups in total. The Kier molecular flexibility index (Phi) is 5.11. The summed E-state index contributed by atoms with van der Waals surface area (Å²) >= 11 is 5.91. The third kappa shape index (κ3) is 4.40. The molecular formula is C12H16ClN3O3. The number of carbonyl (C=O) groups excluding carboxylic acids is 1. The average molecular weight is 286 g/mol. The fraction of sp³-hybridized carbons (Fsp3) is 0.417. The van der Waals surface area contributed by atoms with E-state index in [4.69, 9.17) is 16.7 Å². The van der Waals surface area contributed by atoms with E-state index in [1.807, 2.05) is 13.8 Å². The Morgan fingerprint density at radius 2 is 2.00 bits per heavy atom. The van der Waals surface area contributed by atoms with Crippen LogP contribution in [0.4, 0.5) is 5.82 Å². The molecule has 7 heteroatoms. The van der Waals surface area contributed by atoms with Gasteiger partial charge in [0, 0.05) is 12.2 Å². The molecule has 0 aliphatic heterocycles. The molecule has 0 saturated carbocycles. The number of carboxylic acids is 1. The van der Waals surface area contributed by atoms with Crippen molar-refractivity contribution in [3.8, 4) is 0 Å². The Hall–Kier alpha value is -1.82. The molecule has 0 aromatic carbocycles. The van der Waals surface area contributed by atoms with Crippen LogP contribution in [0.1, 0.15) is 31.1 Å². The normalized spacial score (nSPS) is 12.1. The Morgan fingerprint density at radius 3 is 2.47 bits per heavy atom. The smallest absolute Gasteiger partial charge is 0.337 e. The van der Waals surface area contributed by atoms with E-state index in [0.717, 1.165) is 0 Å². The molecule has 1 heterocycles. The Morgan fingerprint density at radius 1 is 1.37 bits per heavy atom. The van der Waals surface area contributed by atoms with E-state index in [1.165, 1.54) is 12.3 Å². The number of aromatic nitrogens is 1. The number of hydrogen-bond acceptors (Lipinski definition) is 4. The van der Waals surface area contributed by atoms with Crippen LogP contribution >= 0.6 is 11.6 Å². The maximum atomic E-state index is 11.7. The van der Waals surface area contributed by atoms with Crippen molar-refractivity contribution in [3.05, 3.63) is 22.8 Å². The standard InChI is InChI=1S/C12H16ClN3O3/c1-6(2)15-11(17)7(3)16-10-9(13)4-8(5-14-10)12(18)19/h4-7H,1-3H3,(H,14,16)(H,15,17)(H,18,19). The molecule has 19 heavy (non-hydrogen) atoms. The van der Waals surface area contributed by atoms with Crippen molar-refractivity contribution in [3.63, 3.8) is 0 Å². The molecule has 1 aromatic rings. The maximum Gasteiger partial charge on any atom is 0.337 e. The van der Waals surface area contributed by atoms with Crippen LogP contribution in [0.15, 0.2) is 12.3 Å². The number of nitrogens with zero attached hydrogens (tertiary/aromatic N) is 1. The second kappa shape index (κ2) is 6.38. The molecule has 1 atom stereocenters. The number of rotatable bonds is 5. The van der Waals surface area contributed by atoms with Crippen LogP contribution in [0.5, 0.6) is 0 Å². The molecule has 0 fully saturated rings. The van der Waals surface area contributed by atoms with Gasteiger partial charge in [-0.25, -0.2) is 9.78 Å². The summed E-state index contributed by atoms with van der Waals surface area (Å²) in [6.07, 6.45) is 1.18. The number of carboxylic acid groups (broad SMARTS) is 1. The molecule has 1 amide bonds. The number of amides is 1. The zero-order chi connectivity index (χ0) is 14.6. The van der Waals surface area contributed by atoms with Gasteiger partial charge in [0.05, 0.1) is 10.6 Å². The molecule has 1 unspecified atom stereocenters. The van der Waals surface area contributed by atoms with E-state index >= 15 is 0 Å². The second-order valence-electron chi connectivity index (χ2n) is 4.39. The SMILES string of the molecule is CC(C)NC(=O)C(C)Nc1ncc(C(=O)O)cc1Cl. The first-order valence-corrected chi connectivity index (χ1v) is 6.14. The van der Waals surface area contributed by atoms with Crippen LogP contribution < -0.4 is 10.6 Å². The Balaban J connectivity index is 2.77. The number of nitrogens with one attached hydrogen (secondary N) is 2. The number of aromatic carboxylic acids is 1. The van der Waals surface area contributed by atoms with Crippen molar-refractivity contribution in [2.45, 2.75) is 32.9 Å². The lowest BCUT2D eigenvalue weighted by Crippen LogP contribution is -2.41. The summed E-state index contributed by atoms with van der Waals surface area (Å²) in [5.41, 5.74) is -0.00478. The topological polar surface area (TPSA) is 91.3 Å². The summed E-state index contributed by atoms with van der Waals surface area (Å²) in [6, 6.07) is 0.796. The lowest BCUT2D eigenvalue weighted by Gasteiger charge is -2.17. The van der Waals surface area contributed by atoms with E-state index in [-0.39, 0.29) is 28.4 Å². The van der Waals surface area contributed by atoms with Crippen molar-refractivity contribution in [2.24, 2.45) is 0 Å². The van der Waals surface area contributed by atoms with Crippen LogP contribution in [-0.4, -0.2) is 34.1 Å². The predicted molar refractivity (Wildman–Crippen MR) is 72.6 cm³/mol. The number of pyridine rings is 1. The molecule has 104 valence electrons. The fourth-order valence-corrected chi connectivity index (χ4v) is 1.56. The maximum absolute atomic E-state index is 11.7. The summed E-state index contributed by atoms with van der Waals surface area (Å²) in [5.74, 6) is -1.01. The molecule has 0 saturated heterocycles. The molecule has 0 aliphatic carbocycles.